The fourth-order valence-electron chi connectivity index (χ4n) is 1.83. The van der Waals surface area contributed by atoms with Crippen LogP contribution in [0.5, 0.6) is 0 Å². The molecule has 3 aromatic rings. The number of fused-ring (bicyclic) bond motifs is 1. The summed E-state index contributed by atoms with van der Waals surface area (Å²) in [6.07, 6.45) is 3.34. The molecule has 0 saturated carbocycles. The molecule has 0 atom stereocenters. The average Bonchev–Trinajstić information content (AvgIpc) is 2.43. The first-order valence-corrected chi connectivity index (χ1v) is 6.25. The van der Waals surface area contributed by atoms with Crippen LogP contribution in [0.4, 0.5) is 0 Å². The van der Waals surface area contributed by atoms with Gasteiger partial charge in [0.05, 0.1) is 11.0 Å². The number of hydrogen-bond acceptors (Lipinski definition) is 4. The molecule has 0 N–H and O–H groups in total. The van der Waals surface area contributed by atoms with E-state index in [4.69, 9.17) is 11.6 Å². The number of nitrogens with zero attached hydrogens (tertiary/aromatic N) is 4. The maximum absolute atomic E-state index is 6.11. The fraction of sp³-hybridized carbons (Fsp3) is 0.143. The van der Waals surface area contributed by atoms with E-state index in [2.05, 4.69) is 19.9 Å². The molecule has 2 heterocycles. The third-order valence-corrected chi connectivity index (χ3v) is 3.43. The summed E-state index contributed by atoms with van der Waals surface area (Å²) in [5, 5.41) is 0.488. The number of benzene rings is 1. The molecule has 0 fully saturated rings. The van der Waals surface area contributed by atoms with Crippen molar-refractivity contribution < 1.29 is 0 Å². The highest BCUT2D eigenvalue weighted by atomic mass is 35.5. The van der Waals surface area contributed by atoms with Crippen molar-refractivity contribution in [2.45, 2.75) is 13.8 Å². The quantitative estimate of drug-likeness (QED) is 0.636. The van der Waals surface area contributed by atoms with Gasteiger partial charge in [-0.1, -0.05) is 11.6 Å². The van der Waals surface area contributed by atoms with Gasteiger partial charge in [0.15, 0.2) is 5.82 Å². The van der Waals surface area contributed by atoms with Crippen molar-refractivity contribution in [3.63, 3.8) is 0 Å². The van der Waals surface area contributed by atoms with Crippen LogP contribution in [0.2, 0.25) is 5.15 Å². The van der Waals surface area contributed by atoms with Gasteiger partial charge in [-0.05, 0) is 32.0 Å². The number of aromatic nitrogens is 4. The minimum atomic E-state index is 0.488. The second-order valence-corrected chi connectivity index (χ2v) is 4.67. The number of hydrogen-bond donors (Lipinski definition) is 0. The van der Waals surface area contributed by atoms with Crippen molar-refractivity contribution in [1.29, 1.82) is 0 Å². The number of halogens is 1. The van der Waals surface area contributed by atoms with Gasteiger partial charge in [0.2, 0.25) is 0 Å². The number of rotatable bonds is 1. The van der Waals surface area contributed by atoms with E-state index < -0.39 is 0 Å². The molecule has 0 unspecified atom stereocenters. The van der Waals surface area contributed by atoms with Crippen molar-refractivity contribution in [3.8, 4) is 11.4 Å². The van der Waals surface area contributed by atoms with Crippen LogP contribution in [0.15, 0.2) is 30.6 Å². The predicted molar refractivity (Wildman–Crippen MR) is 75.0 cm³/mol. The molecule has 0 aliphatic heterocycles. The summed E-state index contributed by atoms with van der Waals surface area (Å²) in [4.78, 5) is 17.3. The minimum Gasteiger partial charge on any atom is -0.253 e. The average molecular weight is 271 g/mol. The Labute approximate surface area is 115 Å². The van der Waals surface area contributed by atoms with Gasteiger partial charge < -0.3 is 0 Å². The van der Waals surface area contributed by atoms with Crippen molar-refractivity contribution in [1.82, 2.24) is 19.9 Å². The Kier molecular flexibility index (Phi) is 2.87. The summed E-state index contributed by atoms with van der Waals surface area (Å²) >= 11 is 6.11. The highest BCUT2D eigenvalue weighted by Crippen LogP contribution is 2.23. The van der Waals surface area contributed by atoms with Crippen LogP contribution < -0.4 is 0 Å². The zero-order valence-corrected chi connectivity index (χ0v) is 11.3. The van der Waals surface area contributed by atoms with Gasteiger partial charge in [0.1, 0.15) is 5.15 Å². The Balaban J connectivity index is 2.19. The van der Waals surface area contributed by atoms with Gasteiger partial charge in [0, 0.05) is 29.2 Å². The van der Waals surface area contributed by atoms with E-state index in [1.165, 1.54) is 0 Å². The fourth-order valence-corrected chi connectivity index (χ4v) is 2.04. The van der Waals surface area contributed by atoms with Gasteiger partial charge in [-0.15, -0.1) is 0 Å². The normalized spacial score (nSPS) is 10.9. The van der Waals surface area contributed by atoms with Gasteiger partial charge in [-0.2, -0.15) is 0 Å². The van der Waals surface area contributed by atoms with Gasteiger partial charge >= 0.3 is 0 Å². The second-order valence-electron chi connectivity index (χ2n) is 4.31. The zero-order valence-electron chi connectivity index (χ0n) is 10.6. The summed E-state index contributed by atoms with van der Waals surface area (Å²) in [6, 6.07) is 5.75. The van der Waals surface area contributed by atoms with Crippen molar-refractivity contribution in [3.05, 3.63) is 47.0 Å². The van der Waals surface area contributed by atoms with E-state index in [-0.39, 0.29) is 0 Å². The lowest BCUT2D eigenvalue weighted by Crippen LogP contribution is -1.96. The molecule has 4 nitrogen and oxygen atoms in total. The molecule has 1 aromatic carbocycles. The van der Waals surface area contributed by atoms with Crippen LogP contribution in [0.3, 0.4) is 0 Å². The Hall–Kier alpha value is -2.07. The third-order valence-electron chi connectivity index (χ3n) is 3.06. The summed E-state index contributed by atoms with van der Waals surface area (Å²) in [6.45, 7) is 3.83. The maximum atomic E-state index is 6.11. The Morgan fingerprint density at radius 1 is 0.947 bits per heavy atom. The molecule has 0 aliphatic carbocycles. The van der Waals surface area contributed by atoms with Crippen LogP contribution in [-0.2, 0) is 0 Å². The van der Waals surface area contributed by atoms with Crippen molar-refractivity contribution >= 4 is 22.6 Å². The molecule has 0 amide bonds. The molecule has 94 valence electrons. The largest absolute Gasteiger partial charge is 0.253 e. The van der Waals surface area contributed by atoms with E-state index in [1.807, 2.05) is 32.0 Å². The van der Waals surface area contributed by atoms with Crippen molar-refractivity contribution in [2.75, 3.05) is 0 Å². The van der Waals surface area contributed by atoms with E-state index in [0.717, 1.165) is 27.9 Å². The number of aryl methyl sites for hydroxylation is 1. The van der Waals surface area contributed by atoms with E-state index in [9.17, 15) is 0 Å². The molecule has 2 aromatic heterocycles. The first-order valence-electron chi connectivity index (χ1n) is 5.87. The van der Waals surface area contributed by atoms with Crippen LogP contribution in [-0.4, -0.2) is 19.9 Å². The summed E-state index contributed by atoms with van der Waals surface area (Å²) < 4.78 is 0. The second kappa shape index (κ2) is 4.55. The van der Waals surface area contributed by atoms with Crippen LogP contribution >= 0.6 is 11.6 Å². The van der Waals surface area contributed by atoms with Gasteiger partial charge in [-0.3, -0.25) is 9.97 Å². The Morgan fingerprint density at radius 2 is 1.68 bits per heavy atom. The molecule has 5 heteroatoms. The molecular weight excluding hydrogens is 260 g/mol. The molecule has 3 rings (SSSR count). The zero-order chi connectivity index (χ0) is 13.4. The van der Waals surface area contributed by atoms with Gasteiger partial charge in [-0.25, -0.2) is 9.97 Å². The molecular formula is C14H11ClN4. The topological polar surface area (TPSA) is 51.6 Å². The molecule has 0 spiro atoms. The van der Waals surface area contributed by atoms with Crippen molar-refractivity contribution in [2.24, 2.45) is 0 Å². The summed E-state index contributed by atoms with van der Waals surface area (Å²) in [5.74, 6) is 0.612. The summed E-state index contributed by atoms with van der Waals surface area (Å²) in [5.41, 5.74) is 4.34. The standard InChI is InChI=1S/C14H11ClN4/c1-8-9(2)18-14(19-13(8)15)10-3-4-11-12(7-10)17-6-5-16-11/h3-7H,1-2H3. The van der Waals surface area contributed by atoms with Gasteiger partial charge in [0.25, 0.3) is 0 Å². The smallest absolute Gasteiger partial charge is 0.161 e. The highest BCUT2D eigenvalue weighted by Gasteiger charge is 2.09. The van der Waals surface area contributed by atoms with E-state index >= 15 is 0 Å². The first-order chi connectivity index (χ1) is 9.15. The third kappa shape index (κ3) is 2.15. The highest BCUT2D eigenvalue weighted by molar-refractivity contribution is 6.30. The van der Waals surface area contributed by atoms with Crippen LogP contribution in [0, 0.1) is 13.8 Å². The van der Waals surface area contributed by atoms with Crippen LogP contribution in [0.1, 0.15) is 11.3 Å². The molecule has 0 bridgehead atoms. The summed E-state index contributed by atoms with van der Waals surface area (Å²) in [7, 11) is 0. The lowest BCUT2D eigenvalue weighted by atomic mass is 10.1. The first kappa shape index (κ1) is 12.0. The maximum Gasteiger partial charge on any atom is 0.161 e. The van der Waals surface area contributed by atoms with E-state index in [0.29, 0.717) is 11.0 Å². The molecule has 0 aliphatic rings. The van der Waals surface area contributed by atoms with Crippen LogP contribution in [0.25, 0.3) is 22.4 Å². The Morgan fingerprint density at radius 3 is 2.42 bits per heavy atom. The molecule has 0 saturated heterocycles. The van der Waals surface area contributed by atoms with E-state index in [1.54, 1.807) is 12.4 Å². The Bertz CT molecular complexity index is 747. The predicted octanol–water partition coefficient (Wildman–Crippen LogP) is 3.36. The molecule has 0 radical (unpaired) electrons. The lowest BCUT2D eigenvalue weighted by Gasteiger charge is -2.06. The molecule has 19 heavy (non-hydrogen) atoms. The SMILES string of the molecule is Cc1nc(-c2ccc3nccnc3c2)nc(Cl)c1C. The lowest BCUT2D eigenvalue weighted by molar-refractivity contribution is 1.07. The monoisotopic (exact) mass is 270 g/mol. The minimum absolute atomic E-state index is 0.488.